The Bertz CT molecular complexity index is 361. The summed E-state index contributed by atoms with van der Waals surface area (Å²) in [5, 5.41) is 0. The standard InChI is InChI=1S/C15H20IN/c16-15-5-3-13(4-6-15)14-7-9-17(10-8-14)11-12-1-2-12/h3-6,12,14H,1-2,7-11H2. The van der Waals surface area contributed by atoms with Gasteiger partial charge in [0.05, 0.1) is 0 Å². The fourth-order valence-corrected chi connectivity index (χ4v) is 3.21. The van der Waals surface area contributed by atoms with Gasteiger partial charge in [0.1, 0.15) is 0 Å². The van der Waals surface area contributed by atoms with E-state index in [2.05, 4.69) is 51.8 Å². The van der Waals surface area contributed by atoms with E-state index < -0.39 is 0 Å². The molecule has 2 fully saturated rings. The summed E-state index contributed by atoms with van der Waals surface area (Å²) in [6.45, 7) is 4.00. The van der Waals surface area contributed by atoms with Crippen LogP contribution >= 0.6 is 22.6 Å². The molecule has 1 aliphatic heterocycles. The van der Waals surface area contributed by atoms with Crippen LogP contribution in [0.4, 0.5) is 0 Å². The highest BCUT2D eigenvalue weighted by molar-refractivity contribution is 14.1. The van der Waals surface area contributed by atoms with E-state index in [1.807, 2.05) is 0 Å². The van der Waals surface area contributed by atoms with Gasteiger partial charge in [0.25, 0.3) is 0 Å². The summed E-state index contributed by atoms with van der Waals surface area (Å²) in [5.74, 6) is 1.85. The van der Waals surface area contributed by atoms with Crippen molar-refractivity contribution < 1.29 is 0 Å². The summed E-state index contributed by atoms with van der Waals surface area (Å²) in [4.78, 5) is 2.68. The molecule has 1 saturated heterocycles. The number of hydrogen-bond donors (Lipinski definition) is 0. The lowest BCUT2D eigenvalue weighted by molar-refractivity contribution is 0.204. The Balaban J connectivity index is 1.54. The number of hydrogen-bond acceptors (Lipinski definition) is 1. The molecule has 1 heterocycles. The highest BCUT2D eigenvalue weighted by atomic mass is 127. The van der Waals surface area contributed by atoms with Gasteiger partial charge in [0.2, 0.25) is 0 Å². The van der Waals surface area contributed by atoms with Crippen LogP contribution in [-0.4, -0.2) is 24.5 Å². The number of rotatable bonds is 3. The fourth-order valence-electron chi connectivity index (χ4n) is 2.85. The van der Waals surface area contributed by atoms with Crippen molar-refractivity contribution in [2.45, 2.75) is 31.6 Å². The monoisotopic (exact) mass is 341 g/mol. The zero-order valence-corrected chi connectivity index (χ0v) is 12.4. The second-order valence-electron chi connectivity index (χ2n) is 5.57. The van der Waals surface area contributed by atoms with E-state index in [1.165, 1.54) is 48.9 Å². The van der Waals surface area contributed by atoms with Gasteiger partial charge in [-0.25, -0.2) is 0 Å². The van der Waals surface area contributed by atoms with Crippen LogP contribution in [0.5, 0.6) is 0 Å². The molecule has 1 saturated carbocycles. The molecule has 17 heavy (non-hydrogen) atoms. The number of halogens is 1. The van der Waals surface area contributed by atoms with Crippen LogP contribution in [-0.2, 0) is 0 Å². The zero-order valence-electron chi connectivity index (χ0n) is 10.2. The molecule has 2 aliphatic rings. The van der Waals surface area contributed by atoms with Crippen molar-refractivity contribution in [2.75, 3.05) is 19.6 Å². The van der Waals surface area contributed by atoms with E-state index in [0.717, 1.165) is 11.8 Å². The average molecular weight is 341 g/mol. The van der Waals surface area contributed by atoms with Crippen molar-refractivity contribution >= 4 is 22.6 Å². The molecular weight excluding hydrogens is 321 g/mol. The highest BCUT2D eigenvalue weighted by Crippen LogP contribution is 2.33. The molecule has 0 N–H and O–H groups in total. The summed E-state index contributed by atoms with van der Waals surface area (Å²) in [6.07, 6.45) is 5.68. The molecular formula is C15H20IN. The lowest BCUT2D eigenvalue weighted by atomic mass is 9.89. The van der Waals surface area contributed by atoms with Gasteiger partial charge in [-0.2, -0.15) is 0 Å². The van der Waals surface area contributed by atoms with E-state index in [-0.39, 0.29) is 0 Å². The molecule has 0 atom stereocenters. The molecule has 3 rings (SSSR count). The van der Waals surface area contributed by atoms with Gasteiger partial charge in [-0.3, -0.25) is 0 Å². The first-order valence-electron chi connectivity index (χ1n) is 6.79. The summed E-state index contributed by atoms with van der Waals surface area (Å²) < 4.78 is 1.34. The molecule has 1 nitrogen and oxygen atoms in total. The van der Waals surface area contributed by atoms with Gasteiger partial charge in [-0.05, 0) is 90.9 Å². The quantitative estimate of drug-likeness (QED) is 0.754. The van der Waals surface area contributed by atoms with E-state index in [1.54, 1.807) is 5.56 Å². The maximum atomic E-state index is 2.68. The Morgan fingerprint density at radius 1 is 1.00 bits per heavy atom. The minimum atomic E-state index is 0.808. The molecule has 0 radical (unpaired) electrons. The molecule has 0 amide bonds. The Morgan fingerprint density at radius 3 is 2.24 bits per heavy atom. The largest absolute Gasteiger partial charge is 0.303 e. The first-order chi connectivity index (χ1) is 8.31. The van der Waals surface area contributed by atoms with Crippen LogP contribution in [0, 0.1) is 9.49 Å². The number of piperidine rings is 1. The van der Waals surface area contributed by atoms with Crippen molar-refractivity contribution in [2.24, 2.45) is 5.92 Å². The molecule has 1 aromatic rings. The molecule has 0 spiro atoms. The van der Waals surface area contributed by atoms with Gasteiger partial charge in [-0.15, -0.1) is 0 Å². The van der Waals surface area contributed by atoms with Gasteiger partial charge in [0.15, 0.2) is 0 Å². The second-order valence-corrected chi connectivity index (χ2v) is 6.82. The lowest BCUT2D eigenvalue weighted by Crippen LogP contribution is -2.34. The Labute approximate surface area is 118 Å². The van der Waals surface area contributed by atoms with E-state index in [9.17, 15) is 0 Å². The zero-order chi connectivity index (χ0) is 11.7. The first kappa shape index (κ1) is 12.0. The van der Waals surface area contributed by atoms with Crippen molar-refractivity contribution in [3.63, 3.8) is 0 Å². The third-order valence-corrected chi connectivity index (χ3v) is 4.86. The van der Waals surface area contributed by atoms with Crippen LogP contribution < -0.4 is 0 Å². The minimum absolute atomic E-state index is 0.808. The predicted molar refractivity (Wildman–Crippen MR) is 80.3 cm³/mol. The molecule has 2 heteroatoms. The average Bonchev–Trinajstić information content (AvgIpc) is 3.15. The molecule has 0 bridgehead atoms. The normalized spacial score (nSPS) is 22.9. The smallest absolute Gasteiger partial charge is 0.0130 e. The topological polar surface area (TPSA) is 3.24 Å². The molecule has 1 aliphatic carbocycles. The first-order valence-corrected chi connectivity index (χ1v) is 7.87. The maximum absolute atomic E-state index is 2.68. The summed E-state index contributed by atoms with van der Waals surface area (Å²) >= 11 is 2.38. The summed E-state index contributed by atoms with van der Waals surface area (Å²) in [7, 11) is 0. The van der Waals surface area contributed by atoms with E-state index in [4.69, 9.17) is 0 Å². The SMILES string of the molecule is Ic1ccc(C2CCN(CC3CC3)CC2)cc1. The van der Waals surface area contributed by atoms with Crippen molar-refractivity contribution in [1.82, 2.24) is 4.90 Å². The van der Waals surface area contributed by atoms with Crippen LogP contribution in [0.3, 0.4) is 0 Å². The maximum Gasteiger partial charge on any atom is 0.0130 e. The van der Waals surface area contributed by atoms with Gasteiger partial charge in [-0.1, -0.05) is 12.1 Å². The van der Waals surface area contributed by atoms with Crippen molar-refractivity contribution in [3.8, 4) is 0 Å². The Hall–Kier alpha value is -0.0900. The van der Waals surface area contributed by atoms with Crippen LogP contribution in [0.25, 0.3) is 0 Å². The molecule has 1 aromatic carbocycles. The number of benzene rings is 1. The lowest BCUT2D eigenvalue weighted by Gasteiger charge is -2.32. The summed E-state index contributed by atoms with van der Waals surface area (Å²) in [6, 6.07) is 9.13. The fraction of sp³-hybridized carbons (Fsp3) is 0.600. The Morgan fingerprint density at radius 2 is 1.65 bits per heavy atom. The van der Waals surface area contributed by atoms with Gasteiger partial charge < -0.3 is 4.90 Å². The van der Waals surface area contributed by atoms with E-state index in [0.29, 0.717) is 0 Å². The van der Waals surface area contributed by atoms with Crippen LogP contribution in [0.15, 0.2) is 24.3 Å². The third kappa shape index (κ3) is 3.22. The van der Waals surface area contributed by atoms with Gasteiger partial charge >= 0.3 is 0 Å². The van der Waals surface area contributed by atoms with Crippen molar-refractivity contribution in [1.29, 1.82) is 0 Å². The van der Waals surface area contributed by atoms with Crippen LogP contribution in [0.1, 0.15) is 37.2 Å². The van der Waals surface area contributed by atoms with Crippen molar-refractivity contribution in [3.05, 3.63) is 33.4 Å². The molecule has 92 valence electrons. The Kier molecular flexibility index (Phi) is 3.71. The van der Waals surface area contributed by atoms with E-state index >= 15 is 0 Å². The highest BCUT2D eigenvalue weighted by Gasteiger charge is 2.27. The third-order valence-electron chi connectivity index (χ3n) is 4.14. The number of nitrogens with zero attached hydrogens (tertiary/aromatic N) is 1. The number of likely N-dealkylation sites (tertiary alicyclic amines) is 1. The van der Waals surface area contributed by atoms with Crippen LogP contribution in [0.2, 0.25) is 0 Å². The van der Waals surface area contributed by atoms with Gasteiger partial charge in [0, 0.05) is 10.1 Å². The second kappa shape index (κ2) is 5.27. The predicted octanol–water partition coefficient (Wildman–Crippen LogP) is 3.88. The molecule has 0 aromatic heterocycles. The summed E-state index contributed by atoms with van der Waals surface area (Å²) in [5.41, 5.74) is 1.55. The molecule has 0 unspecified atom stereocenters. The minimum Gasteiger partial charge on any atom is -0.303 e.